The summed E-state index contributed by atoms with van der Waals surface area (Å²) in [5.41, 5.74) is 0.336. The molecule has 2 heterocycles. The van der Waals surface area contributed by atoms with Crippen LogP contribution in [0, 0.1) is 5.82 Å². The third kappa shape index (κ3) is 4.07. The predicted molar refractivity (Wildman–Crippen MR) is 96.9 cm³/mol. The van der Waals surface area contributed by atoms with Gasteiger partial charge in [-0.1, -0.05) is 23.9 Å². The van der Waals surface area contributed by atoms with Crippen molar-refractivity contribution in [2.45, 2.75) is 29.8 Å². The molecule has 0 aliphatic carbocycles. The normalized spacial score (nSPS) is 20.0. The van der Waals surface area contributed by atoms with Gasteiger partial charge in [0, 0.05) is 13.1 Å². The van der Waals surface area contributed by atoms with Crippen LogP contribution in [0.4, 0.5) is 4.39 Å². The maximum Gasteiger partial charge on any atom is 0.233 e. The molecule has 2 aromatic rings. The van der Waals surface area contributed by atoms with Gasteiger partial charge in [-0.05, 0) is 25.5 Å². The number of hydrogen-bond acceptors (Lipinski definition) is 6. The van der Waals surface area contributed by atoms with Crippen molar-refractivity contribution in [3.8, 4) is 11.4 Å². The molecule has 7 nitrogen and oxygen atoms in total. The molecule has 1 aromatic heterocycles. The fourth-order valence-electron chi connectivity index (χ4n) is 2.73. The molecule has 0 unspecified atom stereocenters. The van der Waals surface area contributed by atoms with Gasteiger partial charge in [0.25, 0.3) is 0 Å². The van der Waals surface area contributed by atoms with Crippen LogP contribution in [0.3, 0.4) is 0 Å². The first-order valence-corrected chi connectivity index (χ1v) is 10.8. The van der Waals surface area contributed by atoms with Crippen molar-refractivity contribution < 1.29 is 17.6 Å². The largest absolute Gasteiger partial charge is 0.351 e. The molecule has 10 heteroatoms. The number of carbonyl (C=O) groups excluding carboxylic acids is 1. The molecule has 1 aromatic carbocycles. The van der Waals surface area contributed by atoms with Gasteiger partial charge in [0.2, 0.25) is 5.91 Å². The second kappa shape index (κ2) is 7.36. The average molecular weight is 398 g/mol. The van der Waals surface area contributed by atoms with E-state index in [0.29, 0.717) is 23.0 Å². The van der Waals surface area contributed by atoms with Gasteiger partial charge in [-0.2, -0.15) is 0 Å². The predicted octanol–water partition coefficient (Wildman–Crippen LogP) is 1.41. The van der Waals surface area contributed by atoms with Gasteiger partial charge in [-0.3, -0.25) is 4.79 Å². The molecule has 1 aliphatic heterocycles. The Morgan fingerprint density at radius 3 is 2.77 bits per heavy atom. The Labute approximate surface area is 155 Å². The molecule has 2 atom stereocenters. The van der Waals surface area contributed by atoms with Gasteiger partial charge >= 0.3 is 0 Å². The van der Waals surface area contributed by atoms with Crippen LogP contribution >= 0.6 is 11.8 Å². The fourth-order valence-corrected chi connectivity index (χ4v) is 5.23. The molecule has 0 saturated carbocycles. The van der Waals surface area contributed by atoms with Gasteiger partial charge in [0.05, 0.1) is 22.3 Å². The van der Waals surface area contributed by atoms with Crippen LogP contribution in [-0.2, 0) is 21.7 Å². The summed E-state index contributed by atoms with van der Waals surface area (Å²) in [6, 6.07) is 5.93. The summed E-state index contributed by atoms with van der Waals surface area (Å²) in [6.07, 6.45) is 0.437. The van der Waals surface area contributed by atoms with E-state index in [9.17, 15) is 17.6 Å². The second-order valence-electron chi connectivity index (χ2n) is 6.21. The zero-order valence-corrected chi connectivity index (χ0v) is 16.0. The molecular weight excluding hydrogens is 379 g/mol. The van der Waals surface area contributed by atoms with E-state index in [0.717, 1.165) is 0 Å². The molecule has 0 bridgehead atoms. The summed E-state index contributed by atoms with van der Waals surface area (Å²) in [5.74, 6) is -0.188. The number of amides is 1. The van der Waals surface area contributed by atoms with Crippen LogP contribution in [0.1, 0.15) is 13.3 Å². The summed E-state index contributed by atoms with van der Waals surface area (Å²) in [7, 11) is -1.34. The van der Waals surface area contributed by atoms with Crippen molar-refractivity contribution in [2.24, 2.45) is 7.05 Å². The molecule has 1 fully saturated rings. The van der Waals surface area contributed by atoms with E-state index < -0.39 is 20.9 Å². The Hall–Kier alpha value is -1.94. The standard InChI is InChI=1S/C16H19FN4O3S2/c1-10(15(22)18-11-7-8-26(23,24)9-11)25-16-20-19-14(21(16)2)12-5-3-4-6-13(12)17/h3-6,10-11H,7-9H2,1-2H3,(H,18,22)/t10-,11-/m1/s1. The Morgan fingerprint density at radius 1 is 1.38 bits per heavy atom. The van der Waals surface area contributed by atoms with Crippen molar-refractivity contribution in [3.63, 3.8) is 0 Å². The number of carbonyl (C=O) groups is 1. The highest BCUT2D eigenvalue weighted by Gasteiger charge is 2.30. The third-order valence-electron chi connectivity index (χ3n) is 4.18. The van der Waals surface area contributed by atoms with Crippen LogP contribution < -0.4 is 5.32 Å². The summed E-state index contributed by atoms with van der Waals surface area (Å²) in [4.78, 5) is 12.3. The summed E-state index contributed by atoms with van der Waals surface area (Å²) in [6.45, 7) is 1.71. The summed E-state index contributed by atoms with van der Waals surface area (Å²) >= 11 is 1.19. The van der Waals surface area contributed by atoms with Crippen molar-refractivity contribution in [2.75, 3.05) is 11.5 Å². The Kier molecular flexibility index (Phi) is 5.33. The molecule has 140 valence electrons. The van der Waals surface area contributed by atoms with Crippen LogP contribution in [0.25, 0.3) is 11.4 Å². The zero-order chi connectivity index (χ0) is 18.9. The average Bonchev–Trinajstić information content (AvgIpc) is 3.10. The minimum absolute atomic E-state index is 0.0164. The molecule has 1 amide bonds. The quantitative estimate of drug-likeness (QED) is 0.766. The van der Waals surface area contributed by atoms with Gasteiger partial charge in [0.15, 0.2) is 20.8 Å². The Morgan fingerprint density at radius 2 is 2.12 bits per heavy atom. The SMILES string of the molecule is C[C@@H](Sc1nnc(-c2ccccc2F)n1C)C(=O)N[C@@H]1CCS(=O)(=O)C1. The smallest absolute Gasteiger partial charge is 0.233 e. The van der Waals surface area contributed by atoms with E-state index in [1.807, 2.05) is 0 Å². The number of nitrogens with one attached hydrogen (secondary N) is 1. The van der Waals surface area contributed by atoms with E-state index in [1.54, 1.807) is 36.7 Å². The van der Waals surface area contributed by atoms with Gasteiger partial charge in [-0.15, -0.1) is 10.2 Å². The van der Waals surface area contributed by atoms with Crippen molar-refractivity contribution >= 4 is 27.5 Å². The monoisotopic (exact) mass is 398 g/mol. The Bertz CT molecular complexity index is 929. The lowest BCUT2D eigenvalue weighted by atomic mass is 10.2. The molecule has 1 saturated heterocycles. The first kappa shape index (κ1) is 18.8. The lowest BCUT2D eigenvalue weighted by Crippen LogP contribution is -2.40. The number of rotatable bonds is 5. The third-order valence-corrected chi connectivity index (χ3v) is 7.08. The Balaban J connectivity index is 1.67. The van der Waals surface area contributed by atoms with Gasteiger partial charge in [-0.25, -0.2) is 12.8 Å². The number of halogens is 1. The van der Waals surface area contributed by atoms with Crippen LogP contribution in [-0.4, -0.2) is 51.9 Å². The van der Waals surface area contributed by atoms with E-state index in [2.05, 4.69) is 15.5 Å². The number of hydrogen-bond donors (Lipinski definition) is 1. The summed E-state index contributed by atoms with van der Waals surface area (Å²) < 4.78 is 38.5. The first-order valence-electron chi connectivity index (χ1n) is 8.08. The summed E-state index contributed by atoms with van der Waals surface area (Å²) in [5, 5.41) is 10.8. The molecule has 26 heavy (non-hydrogen) atoms. The number of sulfone groups is 1. The van der Waals surface area contributed by atoms with E-state index in [1.165, 1.54) is 17.8 Å². The molecule has 1 N–H and O–H groups in total. The van der Waals surface area contributed by atoms with Crippen LogP contribution in [0.15, 0.2) is 29.4 Å². The minimum Gasteiger partial charge on any atom is -0.351 e. The van der Waals surface area contributed by atoms with E-state index >= 15 is 0 Å². The maximum atomic E-state index is 13.9. The van der Waals surface area contributed by atoms with Crippen LogP contribution in [0.2, 0.25) is 0 Å². The van der Waals surface area contributed by atoms with Crippen molar-refractivity contribution in [1.82, 2.24) is 20.1 Å². The highest BCUT2D eigenvalue weighted by Crippen LogP contribution is 2.27. The van der Waals surface area contributed by atoms with Crippen molar-refractivity contribution in [3.05, 3.63) is 30.1 Å². The number of benzene rings is 1. The molecule has 1 aliphatic rings. The lowest BCUT2D eigenvalue weighted by Gasteiger charge is -2.15. The first-order chi connectivity index (χ1) is 12.3. The zero-order valence-electron chi connectivity index (χ0n) is 14.3. The number of aromatic nitrogens is 3. The van der Waals surface area contributed by atoms with Gasteiger partial charge < -0.3 is 9.88 Å². The molecule has 0 spiro atoms. The lowest BCUT2D eigenvalue weighted by molar-refractivity contribution is -0.120. The highest BCUT2D eigenvalue weighted by molar-refractivity contribution is 8.00. The second-order valence-corrected chi connectivity index (χ2v) is 9.75. The molecule has 3 rings (SSSR count). The number of nitrogens with zero attached hydrogens (tertiary/aromatic N) is 3. The fraction of sp³-hybridized carbons (Fsp3) is 0.438. The van der Waals surface area contributed by atoms with Crippen molar-refractivity contribution in [1.29, 1.82) is 0 Å². The topological polar surface area (TPSA) is 93.9 Å². The van der Waals surface area contributed by atoms with E-state index in [4.69, 9.17) is 0 Å². The highest BCUT2D eigenvalue weighted by atomic mass is 32.2. The van der Waals surface area contributed by atoms with Crippen LogP contribution in [0.5, 0.6) is 0 Å². The van der Waals surface area contributed by atoms with E-state index in [-0.39, 0.29) is 23.5 Å². The maximum absolute atomic E-state index is 13.9. The molecular formula is C16H19FN4O3S2. The minimum atomic E-state index is -3.05. The number of thioether (sulfide) groups is 1. The van der Waals surface area contributed by atoms with Gasteiger partial charge in [0.1, 0.15) is 5.82 Å². The molecule has 0 radical (unpaired) electrons.